The topological polar surface area (TPSA) is 17.8 Å². The van der Waals surface area contributed by atoms with Gasteiger partial charge in [0, 0.05) is 0 Å². The molecule has 0 spiro atoms. The molecular formula is C6H4F4N2. The second kappa shape index (κ2) is 3.12. The molecule has 0 N–H and O–H groups in total. The van der Waals surface area contributed by atoms with Gasteiger partial charge in [0.2, 0.25) is 0 Å². The molecule has 6 heteroatoms. The van der Waals surface area contributed by atoms with Crippen molar-refractivity contribution in [2.75, 3.05) is 0 Å². The van der Waals surface area contributed by atoms with Gasteiger partial charge >= 0.3 is 6.18 Å². The Hall–Kier alpha value is -1.07. The number of aromatic nitrogens is 2. The fraction of sp³-hybridized carbons (Fsp3) is 0.500. The molecule has 1 heterocycles. The first kappa shape index (κ1) is 9.02. The third kappa shape index (κ3) is 2.21. The molecule has 12 heavy (non-hydrogen) atoms. The van der Waals surface area contributed by atoms with Crippen molar-refractivity contribution in [3.05, 3.63) is 18.2 Å². The molecule has 0 saturated heterocycles. The summed E-state index contributed by atoms with van der Waals surface area (Å²) in [5.41, 5.74) is -0.343. The Labute approximate surface area is 65.8 Å². The quantitative estimate of drug-likeness (QED) is 0.631. The predicted molar refractivity (Wildman–Crippen MR) is 30.8 cm³/mol. The summed E-state index contributed by atoms with van der Waals surface area (Å²) in [4.78, 5) is 3.15. The maximum atomic E-state index is 11.9. The van der Waals surface area contributed by atoms with E-state index in [1.165, 1.54) is 0 Å². The second-order valence-electron chi connectivity index (χ2n) is 2.11. The van der Waals surface area contributed by atoms with Crippen molar-refractivity contribution >= 4 is 0 Å². The van der Waals surface area contributed by atoms with Gasteiger partial charge in [-0.25, -0.2) is 9.37 Å². The Morgan fingerprint density at radius 2 is 2.08 bits per heavy atom. The molecule has 0 aliphatic heterocycles. The van der Waals surface area contributed by atoms with Gasteiger partial charge in [0.25, 0.3) is 0 Å². The van der Waals surface area contributed by atoms with Crippen molar-refractivity contribution < 1.29 is 17.6 Å². The molecule has 0 aliphatic rings. The number of nitrogens with zero attached hydrogens (tertiary/aromatic N) is 2. The van der Waals surface area contributed by atoms with Crippen LogP contribution in [0.4, 0.5) is 17.6 Å². The molecule has 0 fully saturated rings. The number of imidazole rings is 1. The SMILES string of the molecule is FCn1[c]n[c]c1CC(F)(F)F. The molecule has 0 amide bonds. The monoisotopic (exact) mass is 180 g/mol. The van der Waals surface area contributed by atoms with Gasteiger partial charge in [-0.1, -0.05) is 0 Å². The first-order valence-corrected chi connectivity index (χ1v) is 3.00. The zero-order chi connectivity index (χ0) is 9.19. The van der Waals surface area contributed by atoms with Crippen LogP contribution in [0.15, 0.2) is 0 Å². The standard InChI is InChI=1S/C6H4F4N2/c7-3-12-4-11-2-5(12)1-6(8,9)10/h1,3H2. The van der Waals surface area contributed by atoms with Crippen molar-refractivity contribution in [1.82, 2.24) is 9.55 Å². The van der Waals surface area contributed by atoms with Crippen LogP contribution < -0.4 is 0 Å². The Morgan fingerprint density at radius 3 is 2.58 bits per heavy atom. The molecule has 1 aromatic heterocycles. The first-order valence-electron chi connectivity index (χ1n) is 3.00. The number of alkyl halides is 4. The summed E-state index contributed by atoms with van der Waals surface area (Å²) in [5.74, 6) is 0. The lowest BCUT2D eigenvalue weighted by Gasteiger charge is -2.05. The minimum Gasteiger partial charge on any atom is -0.296 e. The Bertz CT molecular complexity index is 252. The third-order valence-electron chi connectivity index (χ3n) is 1.17. The highest BCUT2D eigenvalue weighted by molar-refractivity contribution is 4.97. The van der Waals surface area contributed by atoms with E-state index < -0.39 is 19.4 Å². The normalized spacial score (nSPS) is 12.0. The Balaban J connectivity index is 2.75. The number of rotatable bonds is 2. The van der Waals surface area contributed by atoms with E-state index in [-0.39, 0.29) is 5.69 Å². The molecule has 1 rings (SSSR count). The number of hydrogen-bond acceptors (Lipinski definition) is 1. The van der Waals surface area contributed by atoms with Gasteiger partial charge in [-0.05, 0) is 0 Å². The van der Waals surface area contributed by atoms with Crippen molar-refractivity contribution in [3.8, 4) is 0 Å². The van der Waals surface area contributed by atoms with Crippen LogP contribution in [-0.4, -0.2) is 15.7 Å². The highest BCUT2D eigenvalue weighted by Crippen LogP contribution is 2.20. The van der Waals surface area contributed by atoms with Crippen molar-refractivity contribution in [2.45, 2.75) is 19.4 Å². The molecule has 2 radical (unpaired) electrons. The van der Waals surface area contributed by atoms with Crippen LogP contribution in [0.2, 0.25) is 0 Å². The van der Waals surface area contributed by atoms with Crippen LogP contribution in [0.3, 0.4) is 0 Å². The van der Waals surface area contributed by atoms with Crippen LogP contribution >= 0.6 is 0 Å². The zero-order valence-electron chi connectivity index (χ0n) is 5.82. The summed E-state index contributed by atoms with van der Waals surface area (Å²) in [6, 6.07) is 0. The van der Waals surface area contributed by atoms with E-state index >= 15 is 0 Å². The highest BCUT2D eigenvalue weighted by atomic mass is 19.4. The summed E-state index contributed by atoms with van der Waals surface area (Å²) in [7, 11) is 0. The Morgan fingerprint density at radius 1 is 1.42 bits per heavy atom. The zero-order valence-corrected chi connectivity index (χ0v) is 5.82. The lowest BCUT2D eigenvalue weighted by atomic mass is 10.3. The van der Waals surface area contributed by atoms with Gasteiger partial charge in [-0.15, -0.1) is 0 Å². The number of hydrogen-bond donors (Lipinski definition) is 0. The molecular weight excluding hydrogens is 176 g/mol. The van der Waals surface area contributed by atoms with Crippen LogP contribution in [0.5, 0.6) is 0 Å². The van der Waals surface area contributed by atoms with Gasteiger partial charge in [-0.3, -0.25) is 4.57 Å². The van der Waals surface area contributed by atoms with Crippen LogP contribution in [0.25, 0.3) is 0 Å². The molecule has 0 unspecified atom stereocenters. The van der Waals surface area contributed by atoms with Gasteiger partial charge < -0.3 is 0 Å². The van der Waals surface area contributed by atoms with E-state index in [4.69, 9.17) is 0 Å². The highest BCUT2D eigenvalue weighted by Gasteiger charge is 2.29. The van der Waals surface area contributed by atoms with E-state index in [2.05, 4.69) is 4.98 Å². The summed E-state index contributed by atoms with van der Waals surface area (Å²) in [6.45, 7) is -1.07. The average Bonchev–Trinajstić information content (AvgIpc) is 2.31. The predicted octanol–water partition coefficient (Wildman–Crippen LogP) is 1.52. The van der Waals surface area contributed by atoms with Crippen molar-refractivity contribution in [1.29, 1.82) is 0 Å². The number of halogens is 4. The minimum atomic E-state index is -4.36. The molecule has 0 atom stereocenters. The first-order chi connectivity index (χ1) is 5.53. The third-order valence-corrected chi connectivity index (χ3v) is 1.17. The van der Waals surface area contributed by atoms with Crippen molar-refractivity contribution in [3.63, 3.8) is 0 Å². The van der Waals surface area contributed by atoms with Crippen LogP contribution in [-0.2, 0) is 13.2 Å². The minimum absolute atomic E-state index is 0.343. The molecule has 0 saturated carbocycles. The summed E-state index contributed by atoms with van der Waals surface area (Å²) >= 11 is 0. The van der Waals surface area contributed by atoms with Crippen molar-refractivity contribution in [2.24, 2.45) is 0 Å². The van der Waals surface area contributed by atoms with Crippen LogP contribution in [0, 0.1) is 12.5 Å². The summed E-state index contributed by atoms with van der Waals surface area (Å²) in [6.07, 6.45) is -1.57. The lowest BCUT2D eigenvalue weighted by Crippen LogP contribution is -2.14. The molecule has 0 bridgehead atoms. The van der Waals surface area contributed by atoms with E-state index in [1.807, 2.05) is 12.5 Å². The lowest BCUT2D eigenvalue weighted by molar-refractivity contribution is -0.128. The van der Waals surface area contributed by atoms with E-state index in [9.17, 15) is 17.6 Å². The summed E-state index contributed by atoms with van der Waals surface area (Å²) < 4.78 is 47.7. The Kier molecular flexibility index (Phi) is 2.35. The van der Waals surface area contributed by atoms with Gasteiger partial charge in [0.1, 0.15) is 6.20 Å². The summed E-state index contributed by atoms with van der Waals surface area (Å²) in [5, 5.41) is 0. The van der Waals surface area contributed by atoms with E-state index in [0.717, 1.165) is 0 Å². The van der Waals surface area contributed by atoms with Gasteiger partial charge in [-0.2, -0.15) is 13.2 Å². The maximum absolute atomic E-state index is 11.9. The smallest absolute Gasteiger partial charge is 0.296 e. The fourth-order valence-electron chi connectivity index (χ4n) is 0.694. The molecule has 0 aliphatic carbocycles. The second-order valence-corrected chi connectivity index (χ2v) is 2.11. The van der Waals surface area contributed by atoms with Gasteiger partial charge in [0.05, 0.1) is 12.1 Å². The van der Waals surface area contributed by atoms with E-state index in [1.54, 1.807) is 0 Å². The maximum Gasteiger partial charge on any atom is 0.394 e. The fourth-order valence-corrected chi connectivity index (χ4v) is 0.694. The average molecular weight is 180 g/mol. The largest absolute Gasteiger partial charge is 0.394 e. The molecule has 1 aromatic rings. The molecule has 66 valence electrons. The van der Waals surface area contributed by atoms with Gasteiger partial charge in [0.15, 0.2) is 13.1 Å². The molecule has 2 nitrogen and oxygen atoms in total. The van der Waals surface area contributed by atoms with E-state index in [0.29, 0.717) is 4.57 Å². The molecule has 0 aromatic carbocycles. The van der Waals surface area contributed by atoms with Crippen LogP contribution in [0.1, 0.15) is 5.69 Å².